The van der Waals surface area contributed by atoms with Gasteiger partial charge in [-0.2, -0.15) is 0 Å². The molecular formula is C25H27NO2. The predicted molar refractivity (Wildman–Crippen MR) is 112 cm³/mol. The van der Waals surface area contributed by atoms with Gasteiger partial charge in [-0.1, -0.05) is 44.2 Å². The second-order valence-corrected chi connectivity index (χ2v) is 7.95. The summed E-state index contributed by atoms with van der Waals surface area (Å²) in [5.41, 5.74) is 3.37. The highest BCUT2D eigenvalue weighted by atomic mass is 16.5. The first kappa shape index (κ1) is 18.5. The molecule has 4 rings (SSSR count). The molecule has 144 valence electrons. The Morgan fingerprint density at radius 1 is 0.857 bits per heavy atom. The van der Waals surface area contributed by atoms with Crippen LogP contribution in [0.25, 0.3) is 0 Å². The van der Waals surface area contributed by atoms with Gasteiger partial charge >= 0.3 is 0 Å². The highest BCUT2D eigenvalue weighted by Gasteiger charge is 2.24. The maximum Gasteiger partial charge on any atom is 0.130 e. The van der Waals surface area contributed by atoms with Crippen LogP contribution in [-0.2, 0) is 12.0 Å². The van der Waals surface area contributed by atoms with Crippen LogP contribution >= 0.6 is 0 Å². The van der Waals surface area contributed by atoms with Gasteiger partial charge in [0.2, 0.25) is 0 Å². The molecule has 0 atom stereocenters. The van der Waals surface area contributed by atoms with Crippen molar-refractivity contribution < 1.29 is 9.47 Å². The molecule has 0 saturated heterocycles. The monoisotopic (exact) mass is 373 g/mol. The zero-order valence-electron chi connectivity index (χ0n) is 16.6. The van der Waals surface area contributed by atoms with Crippen molar-refractivity contribution in [1.82, 2.24) is 4.98 Å². The van der Waals surface area contributed by atoms with Gasteiger partial charge in [-0.15, -0.1) is 0 Å². The van der Waals surface area contributed by atoms with Crippen molar-refractivity contribution in [3.8, 4) is 11.5 Å². The lowest BCUT2D eigenvalue weighted by Gasteiger charge is -2.28. The average Bonchev–Trinajstić information content (AvgIpc) is 2.71. The zero-order chi connectivity index (χ0) is 19.4. The van der Waals surface area contributed by atoms with Gasteiger partial charge in [-0.25, -0.2) is 0 Å². The summed E-state index contributed by atoms with van der Waals surface area (Å²) in [6.07, 6.45) is 5.85. The summed E-state index contributed by atoms with van der Waals surface area (Å²) in [6.45, 7) is 4.98. The van der Waals surface area contributed by atoms with E-state index in [0.717, 1.165) is 17.2 Å². The quantitative estimate of drug-likeness (QED) is 0.515. The smallest absolute Gasteiger partial charge is 0.130 e. The van der Waals surface area contributed by atoms with E-state index in [1.165, 1.54) is 30.4 Å². The number of rotatable bonds is 7. The van der Waals surface area contributed by atoms with Crippen molar-refractivity contribution in [2.75, 3.05) is 0 Å². The SMILES string of the molecule is CC(C)(c1ccc(OCc2ccccn2)cc1)c1ccc(OC2CCC2)cc1. The molecule has 0 aliphatic heterocycles. The lowest BCUT2D eigenvalue weighted by molar-refractivity contribution is 0.120. The Morgan fingerprint density at radius 2 is 1.50 bits per heavy atom. The summed E-state index contributed by atoms with van der Waals surface area (Å²) in [6, 6.07) is 22.8. The molecular weight excluding hydrogens is 346 g/mol. The van der Waals surface area contributed by atoms with Crippen LogP contribution < -0.4 is 9.47 Å². The molecule has 1 heterocycles. The van der Waals surface area contributed by atoms with Gasteiger partial charge in [-0.3, -0.25) is 4.98 Å². The molecule has 1 aliphatic carbocycles. The van der Waals surface area contributed by atoms with Crippen molar-refractivity contribution in [1.29, 1.82) is 0 Å². The third-order valence-electron chi connectivity index (χ3n) is 5.62. The second-order valence-electron chi connectivity index (χ2n) is 7.95. The van der Waals surface area contributed by atoms with E-state index in [2.05, 4.69) is 55.2 Å². The van der Waals surface area contributed by atoms with Crippen LogP contribution in [0.2, 0.25) is 0 Å². The lowest BCUT2D eigenvalue weighted by Crippen LogP contribution is -2.24. The standard InChI is InChI=1S/C25H27NO2/c1-25(2,20-11-15-24(16-12-20)28-23-7-5-8-23)19-9-13-22(14-10-19)27-18-21-6-3-4-17-26-21/h3-4,6,9-17,23H,5,7-8,18H2,1-2H3. The van der Waals surface area contributed by atoms with Gasteiger partial charge in [0.15, 0.2) is 0 Å². The third-order valence-corrected chi connectivity index (χ3v) is 5.62. The fourth-order valence-corrected chi connectivity index (χ4v) is 3.41. The van der Waals surface area contributed by atoms with E-state index < -0.39 is 0 Å². The van der Waals surface area contributed by atoms with E-state index in [4.69, 9.17) is 9.47 Å². The van der Waals surface area contributed by atoms with Crippen molar-refractivity contribution in [2.24, 2.45) is 0 Å². The van der Waals surface area contributed by atoms with Gasteiger partial charge < -0.3 is 9.47 Å². The maximum absolute atomic E-state index is 5.98. The number of pyridine rings is 1. The van der Waals surface area contributed by atoms with Gasteiger partial charge in [0.1, 0.15) is 18.1 Å². The summed E-state index contributed by atoms with van der Waals surface area (Å²) in [5, 5.41) is 0. The number of ether oxygens (including phenoxy) is 2. The first-order valence-corrected chi connectivity index (χ1v) is 10.0. The van der Waals surface area contributed by atoms with Gasteiger partial charge in [0, 0.05) is 11.6 Å². The average molecular weight is 373 g/mol. The van der Waals surface area contributed by atoms with Crippen molar-refractivity contribution in [3.05, 3.63) is 89.7 Å². The van der Waals surface area contributed by atoms with E-state index in [9.17, 15) is 0 Å². The van der Waals surface area contributed by atoms with E-state index >= 15 is 0 Å². The van der Waals surface area contributed by atoms with Crippen LogP contribution in [0.3, 0.4) is 0 Å². The third kappa shape index (κ3) is 4.19. The Balaban J connectivity index is 1.41. The Labute approximate surface area is 167 Å². The van der Waals surface area contributed by atoms with Crippen LogP contribution in [0, 0.1) is 0 Å². The molecule has 3 nitrogen and oxygen atoms in total. The maximum atomic E-state index is 5.98. The number of benzene rings is 2. The number of aromatic nitrogens is 1. The van der Waals surface area contributed by atoms with E-state index in [0.29, 0.717) is 12.7 Å². The van der Waals surface area contributed by atoms with Crippen LogP contribution in [0.5, 0.6) is 11.5 Å². The molecule has 0 bridgehead atoms. The molecule has 2 aromatic carbocycles. The highest BCUT2D eigenvalue weighted by Crippen LogP contribution is 2.34. The summed E-state index contributed by atoms with van der Waals surface area (Å²) in [5.74, 6) is 1.83. The molecule has 0 unspecified atom stereocenters. The molecule has 0 N–H and O–H groups in total. The first-order chi connectivity index (χ1) is 13.6. The summed E-state index contributed by atoms with van der Waals surface area (Å²) in [7, 11) is 0. The van der Waals surface area contributed by atoms with E-state index in [1.807, 2.05) is 30.3 Å². The molecule has 3 aromatic rings. The molecule has 3 heteroatoms. The molecule has 1 fully saturated rings. The molecule has 0 amide bonds. The summed E-state index contributed by atoms with van der Waals surface area (Å²) < 4.78 is 11.8. The van der Waals surface area contributed by atoms with Crippen LogP contribution in [-0.4, -0.2) is 11.1 Å². The normalized spacial score (nSPS) is 14.4. The summed E-state index contributed by atoms with van der Waals surface area (Å²) in [4.78, 5) is 4.29. The van der Waals surface area contributed by atoms with E-state index in [-0.39, 0.29) is 5.41 Å². The fraction of sp³-hybridized carbons (Fsp3) is 0.320. The fourth-order valence-electron chi connectivity index (χ4n) is 3.41. The molecule has 1 aliphatic rings. The number of hydrogen-bond donors (Lipinski definition) is 0. The first-order valence-electron chi connectivity index (χ1n) is 10.0. The molecule has 0 radical (unpaired) electrons. The Morgan fingerprint density at radius 3 is 2.04 bits per heavy atom. The number of hydrogen-bond acceptors (Lipinski definition) is 3. The van der Waals surface area contributed by atoms with Gasteiger partial charge in [-0.05, 0) is 66.8 Å². The lowest BCUT2D eigenvalue weighted by atomic mass is 9.78. The molecule has 1 aromatic heterocycles. The molecule has 0 spiro atoms. The Kier molecular flexibility index (Phi) is 5.34. The highest BCUT2D eigenvalue weighted by molar-refractivity contribution is 5.42. The van der Waals surface area contributed by atoms with Crippen molar-refractivity contribution in [2.45, 2.75) is 51.2 Å². The van der Waals surface area contributed by atoms with Crippen LogP contribution in [0.4, 0.5) is 0 Å². The molecule has 28 heavy (non-hydrogen) atoms. The van der Waals surface area contributed by atoms with Crippen LogP contribution in [0.15, 0.2) is 72.9 Å². The molecule has 1 saturated carbocycles. The minimum absolute atomic E-state index is 0.0888. The topological polar surface area (TPSA) is 31.4 Å². The largest absolute Gasteiger partial charge is 0.490 e. The van der Waals surface area contributed by atoms with Crippen molar-refractivity contribution in [3.63, 3.8) is 0 Å². The van der Waals surface area contributed by atoms with Gasteiger partial charge in [0.25, 0.3) is 0 Å². The second kappa shape index (κ2) is 8.05. The minimum Gasteiger partial charge on any atom is -0.490 e. The number of nitrogens with zero attached hydrogens (tertiary/aromatic N) is 1. The predicted octanol–water partition coefficient (Wildman–Crippen LogP) is 5.92. The van der Waals surface area contributed by atoms with Gasteiger partial charge in [0.05, 0.1) is 11.8 Å². The Bertz CT molecular complexity index is 882. The Hall–Kier alpha value is -2.81. The van der Waals surface area contributed by atoms with Crippen LogP contribution in [0.1, 0.15) is 49.9 Å². The van der Waals surface area contributed by atoms with E-state index in [1.54, 1.807) is 6.20 Å². The summed E-state index contributed by atoms with van der Waals surface area (Å²) >= 11 is 0. The minimum atomic E-state index is -0.0888. The van der Waals surface area contributed by atoms with Crippen molar-refractivity contribution >= 4 is 0 Å². The zero-order valence-corrected chi connectivity index (χ0v) is 16.6.